The molecule has 0 atom stereocenters. The third kappa shape index (κ3) is 3.07. The molecule has 1 aromatic heterocycles. The standard InChI is InChI=1S/C25H24N2O3/c1-16-14-20-23-21(29-12-10-26-17(2)28)9-8-19(18-6-4-3-5-7-18)25(23)27-11-13-30-22(15-16)24(20)27/h3-9,14-15H,10-13H2,1-2H3,(H,26,28). The molecule has 0 fully saturated rings. The van der Waals surface area contributed by atoms with E-state index in [1.807, 2.05) is 12.1 Å². The molecule has 1 N–H and O–H groups in total. The Morgan fingerprint density at radius 3 is 2.77 bits per heavy atom. The molecule has 5 nitrogen and oxygen atoms in total. The highest BCUT2D eigenvalue weighted by molar-refractivity contribution is 6.17. The van der Waals surface area contributed by atoms with E-state index in [2.05, 4.69) is 59.3 Å². The van der Waals surface area contributed by atoms with Crippen LogP contribution in [-0.2, 0) is 11.3 Å². The molecule has 0 spiro atoms. The monoisotopic (exact) mass is 400 g/mol. The van der Waals surface area contributed by atoms with Crippen LogP contribution in [0.1, 0.15) is 12.5 Å². The van der Waals surface area contributed by atoms with Gasteiger partial charge in [0.25, 0.3) is 0 Å². The Morgan fingerprint density at radius 1 is 1.13 bits per heavy atom. The van der Waals surface area contributed by atoms with Crippen LogP contribution in [0.5, 0.6) is 11.5 Å². The molecule has 0 bridgehead atoms. The number of benzene rings is 3. The largest absolute Gasteiger partial charge is 0.491 e. The summed E-state index contributed by atoms with van der Waals surface area (Å²) in [6.07, 6.45) is 0. The molecule has 0 unspecified atom stereocenters. The molecule has 0 saturated carbocycles. The minimum absolute atomic E-state index is 0.0527. The van der Waals surface area contributed by atoms with Gasteiger partial charge in [0.2, 0.25) is 5.91 Å². The first-order valence-corrected chi connectivity index (χ1v) is 10.3. The molecule has 1 amide bonds. The summed E-state index contributed by atoms with van der Waals surface area (Å²) in [6, 6.07) is 18.9. The average molecular weight is 400 g/mol. The molecule has 1 aliphatic rings. The number of nitrogens with one attached hydrogen (secondary N) is 1. The van der Waals surface area contributed by atoms with Crippen molar-refractivity contribution in [1.82, 2.24) is 9.88 Å². The van der Waals surface area contributed by atoms with Gasteiger partial charge in [-0.3, -0.25) is 4.79 Å². The molecule has 30 heavy (non-hydrogen) atoms. The van der Waals surface area contributed by atoms with Crippen molar-refractivity contribution in [2.24, 2.45) is 0 Å². The van der Waals surface area contributed by atoms with Gasteiger partial charge in [-0.05, 0) is 42.3 Å². The van der Waals surface area contributed by atoms with Crippen LogP contribution in [0.3, 0.4) is 0 Å². The maximum Gasteiger partial charge on any atom is 0.216 e. The Bertz CT molecular complexity index is 1260. The van der Waals surface area contributed by atoms with E-state index in [9.17, 15) is 4.79 Å². The van der Waals surface area contributed by atoms with E-state index in [4.69, 9.17) is 9.47 Å². The number of aryl methyl sites for hydroxylation is 1. The van der Waals surface area contributed by atoms with Crippen molar-refractivity contribution < 1.29 is 14.3 Å². The second-order valence-electron chi connectivity index (χ2n) is 7.69. The van der Waals surface area contributed by atoms with Gasteiger partial charge in [0.15, 0.2) is 0 Å². The summed E-state index contributed by atoms with van der Waals surface area (Å²) >= 11 is 0. The number of rotatable bonds is 5. The van der Waals surface area contributed by atoms with Gasteiger partial charge in [-0.15, -0.1) is 0 Å². The maximum atomic E-state index is 11.2. The molecule has 152 valence electrons. The van der Waals surface area contributed by atoms with E-state index < -0.39 is 0 Å². The number of carbonyl (C=O) groups is 1. The summed E-state index contributed by atoms with van der Waals surface area (Å²) in [7, 11) is 0. The number of carbonyl (C=O) groups excluding carboxylic acids is 1. The van der Waals surface area contributed by atoms with Crippen molar-refractivity contribution >= 4 is 27.7 Å². The summed E-state index contributed by atoms with van der Waals surface area (Å²) in [5.41, 5.74) is 5.81. The highest BCUT2D eigenvalue weighted by atomic mass is 16.5. The smallest absolute Gasteiger partial charge is 0.216 e. The number of hydrogen-bond donors (Lipinski definition) is 1. The fourth-order valence-corrected chi connectivity index (χ4v) is 4.38. The van der Waals surface area contributed by atoms with Crippen LogP contribution in [0.15, 0.2) is 54.6 Å². The molecule has 0 radical (unpaired) electrons. The first-order chi connectivity index (χ1) is 14.6. The van der Waals surface area contributed by atoms with Gasteiger partial charge in [-0.1, -0.05) is 30.3 Å². The molecule has 2 heterocycles. The van der Waals surface area contributed by atoms with Gasteiger partial charge in [0.1, 0.15) is 24.7 Å². The Kier molecular flexibility index (Phi) is 4.58. The van der Waals surface area contributed by atoms with Gasteiger partial charge in [0.05, 0.1) is 29.5 Å². The number of ether oxygens (including phenoxy) is 2. The van der Waals surface area contributed by atoms with Crippen molar-refractivity contribution in [1.29, 1.82) is 0 Å². The molecular formula is C25H24N2O3. The summed E-state index contributed by atoms with van der Waals surface area (Å²) < 4.78 is 14.5. The lowest BCUT2D eigenvalue weighted by Crippen LogP contribution is -2.25. The predicted octanol–water partition coefficient (Wildman–Crippen LogP) is 4.68. The van der Waals surface area contributed by atoms with Gasteiger partial charge in [-0.25, -0.2) is 0 Å². The lowest BCUT2D eigenvalue weighted by molar-refractivity contribution is -0.119. The van der Waals surface area contributed by atoms with Gasteiger partial charge < -0.3 is 19.4 Å². The Morgan fingerprint density at radius 2 is 1.97 bits per heavy atom. The Labute approximate surface area is 175 Å². The van der Waals surface area contributed by atoms with Gasteiger partial charge in [-0.2, -0.15) is 0 Å². The van der Waals surface area contributed by atoms with E-state index in [0.717, 1.165) is 39.9 Å². The van der Waals surface area contributed by atoms with Crippen LogP contribution in [0, 0.1) is 6.92 Å². The molecule has 4 aromatic rings. The van der Waals surface area contributed by atoms with Gasteiger partial charge in [0, 0.05) is 17.9 Å². The molecule has 3 aromatic carbocycles. The van der Waals surface area contributed by atoms with Crippen LogP contribution in [0.4, 0.5) is 0 Å². The van der Waals surface area contributed by atoms with Crippen LogP contribution in [-0.4, -0.2) is 30.2 Å². The van der Waals surface area contributed by atoms with Crippen LogP contribution >= 0.6 is 0 Å². The summed E-state index contributed by atoms with van der Waals surface area (Å²) in [5, 5.41) is 5.04. The fourth-order valence-electron chi connectivity index (χ4n) is 4.38. The molecule has 1 aliphatic heterocycles. The predicted molar refractivity (Wildman–Crippen MR) is 119 cm³/mol. The van der Waals surface area contributed by atoms with Crippen LogP contribution < -0.4 is 14.8 Å². The minimum atomic E-state index is -0.0527. The maximum absolute atomic E-state index is 11.2. The number of aromatic nitrogens is 1. The molecule has 5 heteroatoms. The van der Waals surface area contributed by atoms with E-state index in [1.165, 1.54) is 23.6 Å². The lowest BCUT2D eigenvalue weighted by Gasteiger charge is -2.19. The topological polar surface area (TPSA) is 52.5 Å². The molecule has 5 rings (SSSR count). The zero-order chi connectivity index (χ0) is 20.7. The Balaban J connectivity index is 1.76. The molecular weight excluding hydrogens is 376 g/mol. The van der Waals surface area contributed by atoms with Crippen molar-refractivity contribution in [2.75, 3.05) is 19.8 Å². The Hall–Kier alpha value is -3.47. The second-order valence-corrected chi connectivity index (χ2v) is 7.69. The van der Waals surface area contributed by atoms with E-state index >= 15 is 0 Å². The lowest BCUT2D eigenvalue weighted by atomic mass is 10.0. The third-order valence-electron chi connectivity index (χ3n) is 5.56. The highest BCUT2D eigenvalue weighted by Crippen LogP contribution is 2.45. The number of hydrogen-bond acceptors (Lipinski definition) is 3. The number of fused-ring (bicyclic) bond motifs is 3. The molecule has 0 saturated heterocycles. The normalized spacial score (nSPS) is 12.7. The fraction of sp³-hybridized carbons (Fsp3) is 0.240. The second kappa shape index (κ2) is 7.41. The minimum Gasteiger partial charge on any atom is -0.491 e. The first-order valence-electron chi connectivity index (χ1n) is 10.3. The molecule has 0 aliphatic carbocycles. The summed E-state index contributed by atoms with van der Waals surface area (Å²) in [5.74, 6) is 1.70. The number of nitrogens with zero attached hydrogens (tertiary/aromatic N) is 1. The van der Waals surface area contributed by atoms with Gasteiger partial charge >= 0.3 is 0 Å². The quantitative estimate of drug-likeness (QED) is 0.495. The van der Waals surface area contributed by atoms with Crippen molar-refractivity contribution in [3.05, 3.63) is 60.2 Å². The van der Waals surface area contributed by atoms with Crippen LogP contribution in [0.25, 0.3) is 32.9 Å². The van der Waals surface area contributed by atoms with E-state index in [-0.39, 0.29) is 5.91 Å². The average Bonchev–Trinajstić information content (AvgIpc) is 3.08. The SMILES string of the molecule is CC(=O)NCCOc1ccc(-c2ccccc2)c2c1c1cc(C)cc3c1n2CCO3. The van der Waals surface area contributed by atoms with E-state index in [1.54, 1.807) is 0 Å². The number of amides is 1. The highest BCUT2D eigenvalue weighted by Gasteiger charge is 2.24. The van der Waals surface area contributed by atoms with E-state index in [0.29, 0.717) is 19.8 Å². The van der Waals surface area contributed by atoms with Crippen molar-refractivity contribution in [3.63, 3.8) is 0 Å². The third-order valence-corrected chi connectivity index (χ3v) is 5.56. The summed E-state index contributed by atoms with van der Waals surface area (Å²) in [4.78, 5) is 11.2. The van der Waals surface area contributed by atoms with Crippen molar-refractivity contribution in [3.8, 4) is 22.6 Å². The van der Waals surface area contributed by atoms with Crippen molar-refractivity contribution in [2.45, 2.75) is 20.4 Å². The van der Waals surface area contributed by atoms with Crippen LogP contribution in [0.2, 0.25) is 0 Å². The zero-order valence-electron chi connectivity index (χ0n) is 17.2. The zero-order valence-corrected chi connectivity index (χ0v) is 17.2. The first kappa shape index (κ1) is 18.6. The summed E-state index contributed by atoms with van der Waals surface area (Å²) in [6.45, 7) is 5.95.